The van der Waals surface area contributed by atoms with Crippen LogP contribution in [0.5, 0.6) is 0 Å². The molecule has 24 heavy (non-hydrogen) atoms. The number of nitrogens with zero attached hydrogens (tertiary/aromatic N) is 2. The van der Waals surface area contributed by atoms with Gasteiger partial charge in [0, 0.05) is 11.8 Å². The van der Waals surface area contributed by atoms with Gasteiger partial charge in [-0.15, -0.1) is 0 Å². The summed E-state index contributed by atoms with van der Waals surface area (Å²) in [6, 6.07) is 2.57. The van der Waals surface area contributed by atoms with E-state index in [4.69, 9.17) is 63.3 Å². The molecule has 0 atom stereocenters. The van der Waals surface area contributed by atoms with E-state index in [2.05, 4.69) is 4.98 Å². The minimum atomic E-state index is -4.61. The van der Waals surface area contributed by atoms with Gasteiger partial charge in [-0.3, -0.25) is 4.98 Å². The highest BCUT2D eigenvalue weighted by Crippen LogP contribution is 2.48. The van der Waals surface area contributed by atoms with E-state index in [-0.39, 0.29) is 48.4 Å². The zero-order chi connectivity index (χ0) is 18.2. The summed E-state index contributed by atoms with van der Waals surface area (Å²) in [7, 11) is 0. The summed E-state index contributed by atoms with van der Waals surface area (Å²) >= 11 is 30.0. The third-order valence-corrected chi connectivity index (χ3v) is 5.29. The molecule has 0 bridgehead atoms. The molecule has 0 unspecified atom stereocenters. The molecule has 10 heteroatoms. The van der Waals surface area contributed by atoms with Crippen LogP contribution in [-0.4, -0.2) is 4.98 Å². The van der Waals surface area contributed by atoms with Crippen molar-refractivity contribution in [3.8, 4) is 17.3 Å². The van der Waals surface area contributed by atoms with Gasteiger partial charge >= 0.3 is 6.18 Å². The van der Waals surface area contributed by atoms with E-state index in [1.807, 2.05) is 0 Å². The Labute approximate surface area is 159 Å². The summed E-state index contributed by atoms with van der Waals surface area (Å²) in [6.45, 7) is 0. The summed E-state index contributed by atoms with van der Waals surface area (Å²) in [6.07, 6.45) is -4.35. The lowest BCUT2D eigenvalue weighted by molar-refractivity contribution is -0.137. The lowest BCUT2D eigenvalue weighted by atomic mass is 10.0. The molecule has 1 aromatic heterocycles. The number of benzene rings is 1. The van der Waals surface area contributed by atoms with Crippen molar-refractivity contribution in [2.24, 2.45) is 0 Å². The topological polar surface area (TPSA) is 36.7 Å². The normalized spacial score (nSPS) is 11.5. The van der Waals surface area contributed by atoms with Gasteiger partial charge in [-0.2, -0.15) is 18.4 Å². The molecule has 0 N–H and O–H groups in total. The molecule has 0 aliphatic rings. The second-order valence-corrected chi connectivity index (χ2v) is 6.40. The Morgan fingerprint density at radius 3 is 1.92 bits per heavy atom. The zero-order valence-corrected chi connectivity index (χ0v) is 15.1. The summed E-state index contributed by atoms with van der Waals surface area (Å²) < 4.78 is 38.5. The molecule has 0 aliphatic heterocycles. The fourth-order valence-electron chi connectivity index (χ4n) is 1.92. The smallest absolute Gasteiger partial charge is 0.255 e. The predicted molar refractivity (Wildman–Crippen MR) is 89.0 cm³/mol. The highest BCUT2D eigenvalue weighted by molar-refractivity contribution is 6.56. The molecule has 0 fully saturated rings. The molecule has 1 aromatic carbocycles. The molecule has 0 saturated carbocycles. The van der Waals surface area contributed by atoms with Crippen molar-refractivity contribution in [3.05, 3.63) is 48.5 Å². The average molecular weight is 434 g/mol. The molecule has 0 aliphatic carbocycles. The van der Waals surface area contributed by atoms with E-state index in [9.17, 15) is 13.2 Å². The van der Waals surface area contributed by atoms with Gasteiger partial charge in [0.1, 0.15) is 0 Å². The molecule has 0 radical (unpaired) electrons. The maximum atomic E-state index is 12.8. The summed E-state index contributed by atoms with van der Waals surface area (Å²) in [5, 5.41) is 8.30. The van der Waals surface area contributed by atoms with Crippen molar-refractivity contribution in [3.63, 3.8) is 0 Å². The number of halogens is 8. The number of aromatic nitrogens is 1. The fourth-order valence-corrected chi connectivity index (χ4v) is 3.24. The molecular formula is C14H4Cl5F3N2. The predicted octanol–water partition coefficient (Wildman–Crippen LogP) is 7.10. The first kappa shape index (κ1) is 19.4. The first-order chi connectivity index (χ1) is 11.1. The number of alkyl halides is 3. The van der Waals surface area contributed by atoms with E-state index >= 15 is 0 Å². The van der Waals surface area contributed by atoms with Crippen LogP contribution in [-0.2, 0) is 12.6 Å². The van der Waals surface area contributed by atoms with Crippen molar-refractivity contribution in [1.82, 2.24) is 4.98 Å². The minimum Gasteiger partial charge on any atom is -0.255 e. The van der Waals surface area contributed by atoms with Crippen LogP contribution in [0.15, 0.2) is 12.3 Å². The lowest BCUT2D eigenvalue weighted by Gasteiger charge is -2.15. The first-order valence-corrected chi connectivity index (χ1v) is 7.93. The Bertz CT molecular complexity index is 830. The second kappa shape index (κ2) is 7.15. The van der Waals surface area contributed by atoms with Crippen molar-refractivity contribution < 1.29 is 13.2 Å². The third-order valence-electron chi connectivity index (χ3n) is 3.01. The van der Waals surface area contributed by atoms with E-state index in [0.717, 1.165) is 6.07 Å². The van der Waals surface area contributed by atoms with E-state index in [1.165, 1.54) is 0 Å². The molecule has 126 valence electrons. The van der Waals surface area contributed by atoms with Crippen molar-refractivity contribution in [2.45, 2.75) is 12.6 Å². The number of hydrogen-bond donors (Lipinski definition) is 0. The van der Waals surface area contributed by atoms with Gasteiger partial charge in [0.05, 0.1) is 48.9 Å². The maximum Gasteiger partial charge on any atom is 0.417 e. The number of pyridine rings is 1. The Kier molecular flexibility index (Phi) is 5.79. The van der Waals surface area contributed by atoms with Crippen LogP contribution in [0.3, 0.4) is 0 Å². The van der Waals surface area contributed by atoms with Crippen molar-refractivity contribution in [2.75, 3.05) is 0 Å². The van der Waals surface area contributed by atoms with Crippen molar-refractivity contribution >= 4 is 58.0 Å². The number of hydrogen-bond acceptors (Lipinski definition) is 2. The van der Waals surface area contributed by atoms with Gasteiger partial charge in [-0.05, 0) is 11.6 Å². The standard InChI is InChI=1S/C14H4Cl5F3N2/c15-8-7(9(16)11(18)12(19)10(8)17)13-5(1-2-23)3-6(4-24-13)14(20,21)22/h3-4H,1H2. The fraction of sp³-hybridized carbons (Fsp3) is 0.143. The number of rotatable bonds is 2. The van der Waals surface area contributed by atoms with E-state index < -0.39 is 11.7 Å². The molecule has 2 aromatic rings. The Morgan fingerprint density at radius 2 is 1.46 bits per heavy atom. The molecule has 2 nitrogen and oxygen atoms in total. The zero-order valence-electron chi connectivity index (χ0n) is 11.3. The van der Waals surface area contributed by atoms with E-state index in [1.54, 1.807) is 6.07 Å². The molecule has 0 spiro atoms. The van der Waals surface area contributed by atoms with Crippen molar-refractivity contribution in [1.29, 1.82) is 5.26 Å². The van der Waals surface area contributed by atoms with Crippen LogP contribution in [0.2, 0.25) is 25.1 Å². The van der Waals surface area contributed by atoms with Crippen LogP contribution in [0.25, 0.3) is 11.3 Å². The summed E-state index contributed by atoms with van der Waals surface area (Å²) in [5.41, 5.74) is -1.04. The second-order valence-electron chi connectivity index (χ2n) is 4.51. The largest absolute Gasteiger partial charge is 0.417 e. The monoisotopic (exact) mass is 432 g/mol. The summed E-state index contributed by atoms with van der Waals surface area (Å²) in [5.74, 6) is 0. The van der Waals surface area contributed by atoms with Crippen LogP contribution in [0.4, 0.5) is 13.2 Å². The van der Waals surface area contributed by atoms with Gasteiger partial charge in [-0.25, -0.2) is 0 Å². The molecule has 0 saturated heterocycles. The average Bonchev–Trinajstić information content (AvgIpc) is 2.52. The first-order valence-electron chi connectivity index (χ1n) is 6.04. The SMILES string of the molecule is N#CCc1cc(C(F)(F)F)cnc1-c1c(Cl)c(Cl)c(Cl)c(Cl)c1Cl. The molecule has 1 heterocycles. The molecule has 0 amide bonds. The maximum absolute atomic E-state index is 12.8. The highest BCUT2D eigenvalue weighted by Gasteiger charge is 2.32. The van der Waals surface area contributed by atoms with Gasteiger partial charge in [-0.1, -0.05) is 58.0 Å². The van der Waals surface area contributed by atoms with Crippen LogP contribution in [0.1, 0.15) is 11.1 Å². The van der Waals surface area contributed by atoms with Gasteiger partial charge < -0.3 is 0 Å². The lowest BCUT2D eigenvalue weighted by Crippen LogP contribution is -2.08. The quantitative estimate of drug-likeness (QED) is 0.373. The summed E-state index contributed by atoms with van der Waals surface area (Å²) in [4.78, 5) is 3.77. The van der Waals surface area contributed by atoms with Crippen LogP contribution >= 0.6 is 58.0 Å². The Hall–Kier alpha value is -0.900. The van der Waals surface area contributed by atoms with Gasteiger partial charge in [0.2, 0.25) is 0 Å². The van der Waals surface area contributed by atoms with E-state index in [0.29, 0.717) is 6.20 Å². The van der Waals surface area contributed by atoms with Gasteiger partial charge in [0.25, 0.3) is 0 Å². The highest BCUT2D eigenvalue weighted by atomic mass is 35.5. The Morgan fingerprint density at radius 1 is 0.958 bits per heavy atom. The van der Waals surface area contributed by atoms with Crippen LogP contribution < -0.4 is 0 Å². The Balaban J connectivity index is 2.81. The number of nitriles is 1. The van der Waals surface area contributed by atoms with Crippen LogP contribution in [0, 0.1) is 11.3 Å². The molecule has 2 rings (SSSR count). The third kappa shape index (κ3) is 3.54. The molecular weight excluding hydrogens is 430 g/mol. The minimum absolute atomic E-state index is 0.0108. The van der Waals surface area contributed by atoms with Gasteiger partial charge in [0.15, 0.2) is 0 Å².